The number of nitrogens with one attached hydrogen (secondary N) is 2. The fourth-order valence-electron chi connectivity index (χ4n) is 2.17. The van der Waals surface area contributed by atoms with Crippen LogP contribution < -0.4 is 10.6 Å². The Kier molecular flexibility index (Phi) is 4.37. The molecule has 0 spiro atoms. The lowest BCUT2D eigenvalue weighted by Crippen LogP contribution is -2.27. The van der Waals surface area contributed by atoms with Crippen LogP contribution in [0.3, 0.4) is 0 Å². The van der Waals surface area contributed by atoms with Gasteiger partial charge in [0.15, 0.2) is 24.2 Å². The number of rotatable bonds is 5. The Bertz CT molecular complexity index is 828. The summed E-state index contributed by atoms with van der Waals surface area (Å²) < 4.78 is 9.60. The van der Waals surface area contributed by atoms with E-state index >= 15 is 0 Å². The van der Waals surface area contributed by atoms with E-state index in [-0.39, 0.29) is 23.3 Å². The molecule has 8 nitrogen and oxygen atoms in total. The zero-order valence-electron chi connectivity index (χ0n) is 12.7. The van der Waals surface area contributed by atoms with Crippen LogP contribution in [0.15, 0.2) is 58.4 Å². The van der Waals surface area contributed by atoms with E-state index in [4.69, 9.17) is 8.83 Å². The number of carbonyl (C=O) groups excluding carboxylic acids is 2. The number of hydrogen-bond donors (Lipinski definition) is 2. The highest BCUT2D eigenvalue weighted by Gasteiger charge is 2.18. The number of hydrogen-bond acceptors (Lipinski definition) is 6. The summed E-state index contributed by atoms with van der Waals surface area (Å²) in [4.78, 5) is 31.8. The number of carbonyl (C=O) groups is 2. The van der Waals surface area contributed by atoms with Crippen molar-refractivity contribution in [3.8, 4) is 0 Å². The lowest BCUT2D eigenvalue weighted by atomic mass is 10.1. The van der Waals surface area contributed by atoms with Crippen molar-refractivity contribution >= 4 is 17.5 Å². The molecule has 2 amide bonds. The molecule has 122 valence electrons. The van der Waals surface area contributed by atoms with Gasteiger partial charge >= 0.3 is 0 Å². The van der Waals surface area contributed by atoms with E-state index in [0.717, 1.165) is 5.56 Å². The third-order valence-corrected chi connectivity index (χ3v) is 3.35. The maximum atomic E-state index is 12.1. The normalized spacial score (nSPS) is 11.7. The van der Waals surface area contributed by atoms with Gasteiger partial charge in [-0.15, -0.1) is 0 Å². The predicted octanol–water partition coefficient (Wildman–Crippen LogP) is 2.41. The highest BCUT2D eigenvalue weighted by atomic mass is 16.3. The van der Waals surface area contributed by atoms with Crippen LogP contribution >= 0.6 is 0 Å². The van der Waals surface area contributed by atoms with E-state index < -0.39 is 5.91 Å². The van der Waals surface area contributed by atoms with Crippen molar-refractivity contribution in [3.05, 3.63) is 66.5 Å². The van der Waals surface area contributed by atoms with Crippen molar-refractivity contribution in [2.24, 2.45) is 0 Å². The average Bonchev–Trinajstić information content (AvgIpc) is 3.28. The maximum Gasteiger partial charge on any atom is 0.277 e. The lowest BCUT2D eigenvalue weighted by Gasteiger charge is -2.17. The van der Waals surface area contributed by atoms with E-state index in [1.807, 2.05) is 12.1 Å². The second-order valence-electron chi connectivity index (χ2n) is 4.98. The maximum absolute atomic E-state index is 12.1. The van der Waals surface area contributed by atoms with Crippen molar-refractivity contribution in [3.63, 3.8) is 0 Å². The monoisotopic (exact) mass is 326 g/mol. The van der Waals surface area contributed by atoms with Crippen LogP contribution in [0, 0.1) is 0 Å². The third-order valence-electron chi connectivity index (χ3n) is 3.35. The number of nitrogens with zero attached hydrogens (tertiary/aromatic N) is 2. The molecule has 1 atom stereocenters. The van der Waals surface area contributed by atoms with Crippen molar-refractivity contribution < 1.29 is 18.4 Å². The molecule has 0 aliphatic rings. The Morgan fingerprint density at radius 3 is 2.25 bits per heavy atom. The van der Waals surface area contributed by atoms with Crippen LogP contribution in [-0.4, -0.2) is 21.8 Å². The number of anilines is 1. The number of aromatic nitrogens is 2. The molecule has 3 rings (SSSR count). The van der Waals surface area contributed by atoms with Crippen LogP contribution in [0.1, 0.15) is 39.5 Å². The Morgan fingerprint density at radius 2 is 1.62 bits per heavy atom. The molecule has 2 N–H and O–H groups in total. The fourth-order valence-corrected chi connectivity index (χ4v) is 2.17. The molecule has 24 heavy (non-hydrogen) atoms. The molecule has 8 heteroatoms. The minimum absolute atomic E-state index is 0.170. The van der Waals surface area contributed by atoms with E-state index in [1.54, 1.807) is 19.1 Å². The van der Waals surface area contributed by atoms with E-state index in [9.17, 15) is 9.59 Å². The predicted molar refractivity (Wildman–Crippen MR) is 83.3 cm³/mol. The highest BCUT2D eigenvalue weighted by Crippen LogP contribution is 2.23. The SMILES string of the molecule is C[C@@H](NC(=O)c1cocn1)c1ccccc1NC(=O)c1cocn1. The van der Waals surface area contributed by atoms with Gasteiger partial charge in [-0.05, 0) is 18.6 Å². The Balaban J connectivity index is 1.76. The summed E-state index contributed by atoms with van der Waals surface area (Å²) in [5.74, 6) is -0.764. The Morgan fingerprint density at radius 1 is 1.00 bits per heavy atom. The van der Waals surface area contributed by atoms with Gasteiger partial charge in [0.05, 0.1) is 6.04 Å². The molecule has 0 radical (unpaired) electrons. The quantitative estimate of drug-likeness (QED) is 0.745. The van der Waals surface area contributed by atoms with Gasteiger partial charge in [0.25, 0.3) is 11.8 Å². The van der Waals surface area contributed by atoms with Gasteiger partial charge in [0.2, 0.25) is 0 Å². The lowest BCUT2D eigenvalue weighted by molar-refractivity contribution is 0.0934. The molecule has 0 unspecified atom stereocenters. The topological polar surface area (TPSA) is 110 Å². The second-order valence-corrected chi connectivity index (χ2v) is 4.98. The molecule has 1 aromatic carbocycles. The van der Waals surface area contributed by atoms with Crippen molar-refractivity contribution in [1.29, 1.82) is 0 Å². The molecular weight excluding hydrogens is 312 g/mol. The number of para-hydroxylation sites is 1. The molecule has 3 aromatic rings. The zero-order chi connectivity index (χ0) is 16.9. The standard InChI is InChI=1S/C16H14N4O4/c1-10(19-15(21)13-6-23-8-17-13)11-4-2-3-5-12(11)20-16(22)14-7-24-9-18-14/h2-10H,1H3,(H,19,21)(H,20,22)/t10-/m1/s1. The summed E-state index contributed by atoms with van der Waals surface area (Å²) in [6, 6.07) is 6.80. The number of benzene rings is 1. The van der Waals surface area contributed by atoms with Crippen molar-refractivity contribution in [2.45, 2.75) is 13.0 Å². The van der Waals surface area contributed by atoms with Crippen molar-refractivity contribution in [1.82, 2.24) is 15.3 Å². The summed E-state index contributed by atoms with van der Waals surface area (Å²) in [5.41, 5.74) is 1.67. The van der Waals surface area contributed by atoms with Gasteiger partial charge in [-0.3, -0.25) is 9.59 Å². The summed E-state index contributed by atoms with van der Waals surface area (Å²) in [5, 5.41) is 5.56. The van der Waals surface area contributed by atoms with E-state index in [2.05, 4.69) is 20.6 Å². The fraction of sp³-hybridized carbons (Fsp3) is 0.125. The van der Waals surface area contributed by atoms with Crippen molar-refractivity contribution in [2.75, 3.05) is 5.32 Å². The first-order valence-corrected chi connectivity index (χ1v) is 7.12. The van der Waals surface area contributed by atoms with Crippen LogP contribution in [-0.2, 0) is 0 Å². The molecule has 2 aromatic heterocycles. The number of oxazole rings is 2. The third kappa shape index (κ3) is 3.32. The smallest absolute Gasteiger partial charge is 0.277 e. The second kappa shape index (κ2) is 6.78. The number of amides is 2. The molecular formula is C16H14N4O4. The van der Waals surface area contributed by atoms with Crippen LogP contribution in [0.2, 0.25) is 0 Å². The molecule has 0 saturated carbocycles. The van der Waals surface area contributed by atoms with Gasteiger partial charge in [-0.2, -0.15) is 0 Å². The van der Waals surface area contributed by atoms with Gasteiger partial charge in [0, 0.05) is 5.69 Å². The minimum Gasteiger partial charge on any atom is -0.451 e. The van der Waals surface area contributed by atoms with E-state index in [0.29, 0.717) is 5.69 Å². The zero-order valence-corrected chi connectivity index (χ0v) is 12.7. The molecule has 0 fully saturated rings. The summed E-state index contributed by atoms with van der Waals surface area (Å²) in [6.07, 6.45) is 4.89. The first-order chi connectivity index (χ1) is 11.6. The van der Waals surface area contributed by atoms with Crippen LogP contribution in [0.25, 0.3) is 0 Å². The minimum atomic E-state index is -0.397. The molecule has 2 heterocycles. The van der Waals surface area contributed by atoms with Gasteiger partial charge in [-0.1, -0.05) is 18.2 Å². The first-order valence-electron chi connectivity index (χ1n) is 7.12. The van der Waals surface area contributed by atoms with Crippen LogP contribution in [0.5, 0.6) is 0 Å². The molecule has 0 aliphatic carbocycles. The average molecular weight is 326 g/mol. The summed E-state index contributed by atoms with van der Waals surface area (Å²) in [7, 11) is 0. The van der Waals surface area contributed by atoms with Gasteiger partial charge in [-0.25, -0.2) is 9.97 Å². The Labute approximate surface area is 136 Å². The molecule has 0 bridgehead atoms. The largest absolute Gasteiger partial charge is 0.451 e. The van der Waals surface area contributed by atoms with Crippen LogP contribution in [0.4, 0.5) is 5.69 Å². The summed E-state index contributed by atoms with van der Waals surface area (Å²) in [6.45, 7) is 1.80. The van der Waals surface area contributed by atoms with Gasteiger partial charge in [0.1, 0.15) is 12.5 Å². The first kappa shape index (κ1) is 15.5. The van der Waals surface area contributed by atoms with Gasteiger partial charge < -0.3 is 19.5 Å². The molecule has 0 saturated heterocycles. The molecule has 0 aliphatic heterocycles. The Hall–Kier alpha value is -3.42. The highest BCUT2D eigenvalue weighted by molar-refractivity contribution is 6.03. The summed E-state index contributed by atoms with van der Waals surface area (Å²) >= 11 is 0. The van der Waals surface area contributed by atoms with E-state index in [1.165, 1.54) is 25.3 Å².